The average Bonchev–Trinajstić information content (AvgIpc) is 2.07. The molecule has 0 radical (unpaired) electrons. The summed E-state index contributed by atoms with van der Waals surface area (Å²) in [6.07, 6.45) is 2.10. The Bertz CT molecular complexity index is 134. The number of aliphatic imine (C=N–C) groups is 1. The van der Waals surface area contributed by atoms with Gasteiger partial charge in [-0.25, -0.2) is 0 Å². The Balaban J connectivity index is 2.09. The number of amidine groups is 1. The molecule has 0 aliphatic carbocycles. The second-order valence-corrected chi connectivity index (χ2v) is 2.56. The van der Waals surface area contributed by atoms with Gasteiger partial charge in [-0.2, -0.15) is 0 Å². The van der Waals surface area contributed by atoms with Crippen LogP contribution < -0.4 is 5.32 Å². The zero-order chi connectivity index (χ0) is 7.94. The summed E-state index contributed by atoms with van der Waals surface area (Å²) in [4.78, 5) is 4.33. The predicted octanol–water partition coefficient (Wildman–Crippen LogP) is 0.805. The largest absolute Gasteiger partial charge is 0.381 e. The van der Waals surface area contributed by atoms with E-state index in [1.807, 2.05) is 6.92 Å². The van der Waals surface area contributed by atoms with Crippen LogP contribution in [-0.2, 0) is 4.74 Å². The summed E-state index contributed by atoms with van der Waals surface area (Å²) in [6, 6.07) is 0. The van der Waals surface area contributed by atoms with Crippen molar-refractivity contribution in [1.82, 2.24) is 5.32 Å². The molecule has 1 rings (SSSR count). The van der Waals surface area contributed by atoms with Gasteiger partial charge in [-0.15, -0.1) is 0 Å². The number of hydrogen-bond acceptors (Lipinski definition) is 3. The summed E-state index contributed by atoms with van der Waals surface area (Å²) in [7, 11) is 0. The number of hydrogen-bond donors (Lipinski definition) is 1. The van der Waals surface area contributed by atoms with Gasteiger partial charge in [0.25, 0.3) is 0 Å². The van der Waals surface area contributed by atoms with Crippen LogP contribution in [0.25, 0.3) is 0 Å². The Morgan fingerprint density at radius 2 is 2.55 bits per heavy atom. The van der Waals surface area contributed by atoms with Crippen LogP contribution in [0.4, 0.5) is 0 Å². The van der Waals surface area contributed by atoms with Crippen molar-refractivity contribution >= 4 is 5.84 Å². The maximum atomic E-state index is 5.22. The molecule has 0 atom stereocenters. The van der Waals surface area contributed by atoms with Crippen LogP contribution in [0.3, 0.4) is 0 Å². The van der Waals surface area contributed by atoms with Gasteiger partial charge in [0, 0.05) is 26.1 Å². The van der Waals surface area contributed by atoms with E-state index in [1.54, 1.807) is 0 Å². The fourth-order valence-corrected chi connectivity index (χ4v) is 1.06. The van der Waals surface area contributed by atoms with Crippen LogP contribution in [0, 0.1) is 0 Å². The van der Waals surface area contributed by atoms with Gasteiger partial charge < -0.3 is 10.1 Å². The molecule has 0 aromatic carbocycles. The van der Waals surface area contributed by atoms with Crippen molar-refractivity contribution in [3.05, 3.63) is 0 Å². The van der Waals surface area contributed by atoms with E-state index in [2.05, 4.69) is 10.3 Å². The normalized spacial score (nSPS) is 17.4. The molecule has 0 saturated heterocycles. The minimum Gasteiger partial charge on any atom is -0.381 e. The minimum absolute atomic E-state index is 0.794. The van der Waals surface area contributed by atoms with Gasteiger partial charge >= 0.3 is 0 Å². The van der Waals surface area contributed by atoms with Crippen molar-refractivity contribution in [2.45, 2.75) is 19.8 Å². The maximum absolute atomic E-state index is 5.22. The van der Waals surface area contributed by atoms with Crippen LogP contribution in [0.15, 0.2) is 4.99 Å². The Morgan fingerprint density at radius 3 is 3.18 bits per heavy atom. The van der Waals surface area contributed by atoms with Crippen molar-refractivity contribution < 1.29 is 4.74 Å². The highest BCUT2D eigenvalue weighted by Crippen LogP contribution is 1.93. The second kappa shape index (κ2) is 5.13. The molecular formula is C8H16N2O. The van der Waals surface area contributed by atoms with Crippen molar-refractivity contribution in [1.29, 1.82) is 0 Å². The molecule has 0 fully saturated rings. The third-order valence-electron chi connectivity index (χ3n) is 1.65. The quantitative estimate of drug-likeness (QED) is 0.611. The van der Waals surface area contributed by atoms with E-state index in [1.165, 1.54) is 0 Å². The number of nitrogens with one attached hydrogen (secondary N) is 1. The molecule has 1 aliphatic rings. The van der Waals surface area contributed by atoms with Gasteiger partial charge in [-0.1, -0.05) is 0 Å². The first-order valence-electron chi connectivity index (χ1n) is 4.28. The molecule has 3 heteroatoms. The van der Waals surface area contributed by atoms with Crippen molar-refractivity contribution in [3.8, 4) is 0 Å². The van der Waals surface area contributed by atoms with Gasteiger partial charge in [0.05, 0.1) is 12.4 Å². The van der Waals surface area contributed by atoms with Crippen molar-refractivity contribution in [2.24, 2.45) is 4.99 Å². The number of ether oxygens (including phenoxy) is 1. The SMILES string of the molecule is CCOCCC1=NCCCN1. The molecule has 0 saturated carbocycles. The van der Waals surface area contributed by atoms with E-state index in [9.17, 15) is 0 Å². The first-order valence-corrected chi connectivity index (χ1v) is 4.28. The first-order chi connectivity index (χ1) is 5.43. The highest BCUT2D eigenvalue weighted by Gasteiger charge is 2.02. The lowest BCUT2D eigenvalue weighted by Crippen LogP contribution is -2.30. The van der Waals surface area contributed by atoms with Gasteiger partial charge in [0.2, 0.25) is 0 Å². The highest BCUT2D eigenvalue weighted by molar-refractivity contribution is 5.82. The predicted molar refractivity (Wildman–Crippen MR) is 46.0 cm³/mol. The molecule has 3 nitrogen and oxygen atoms in total. The van der Waals surface area contributed by atoms with E-state index in [-0.39, 0.29) is 0 Å². The Kier molecular flexibility index (Phi) is 3.98. The van der Waals surface area contributed by atoms with Gasteiger partial charge in [0.15, 0.2) is 0 Å². The van der Waals surface area contributed by atoms with E-state index >= 15 is 0 Å². The van der Waals surface area contributed by atoms with Crippen LogP contribution in [-0.4, -0.2) is 32.1 Å². The molecular weight excluding hydrogens is 140 g/mol. The molecule has 1 aliphatic heterocycles. The maximum Gasteiger partial charge on any atom is 0.0986 e. The topological polar surface area (TPSA) is 33.6 Å². The lowest BCUT2D eigenvalue weighted by atomic mass is 10.3. The molecule has 0 spiro atoms. The molecule has 0 aromatic heterocycles. The number of nitrogens with zero attached hydrogens (tertiary/aromatic N) is 1. The zero-order valence-corrected chi connectivity index (χ0v) is 7.10. The standard InChI is InChI=1S/C8H16N2O/c1-2-11-7-4-8-9-5-3-6-10-8/h2-7H2,1H3,(H,9,10). The highest BCUT2D eigenvalue weighted by atomic mass is 16.5. The summed E-state index contributed by atoms with van der Waals surface area (Å²) < 4.78 is 5.22. The van der Waals surface area contributed by atoms with Crippen molar-refractivity contribution in [2.75, 3.05) is 26.3 Å². The third kappa shape index (κ3) is 3.37. The van der Waals surface area contributed by atoms with E-state index in [0.717, 1.165) is 45.0 Å². The molecule has 1 heterocycles. The summed E-state index contributed by atoms with van der Waals surface area (Å²) in [6.45, 7) is 5.66. The summed E-state index contributed by atoms with van der Waals surface area (Å²) in [5.41, 5.74) is 0. The van der Waals surface area contributed by atoms with Crippen LogP contribution in [0.2, 0.25) is 0 Å². The lowest BCUT2D eigenvalue weighted by Gasteiger charge is -2.13. The first kappa shape index (κ1) is 8.53. The lowest BCUT2D eigenvalue weighted by molar-refractivity contribution is 0.154. The van der Waals surface area contributed by atoms with E-state index in [0.29, 0.717) is 0 Å². The van der Waals surface area contributed by atoms with Gasteiger partial charge in [0.1, 0.15) is 0 Å². The summed E-state index contributed by atoms with van der Waals surface area (Å²) in [5, 5.41) is 3.25. The molecule has 0 unspecified atom stereocenters. The Morgan fingerprint density at radius 1 is 1.64 bits per heavy atom. The van der Waals surface area contributed by atoms with Crippen LogP contribution in [0.5, 0.6) is 0 Å². The monoisotopic (exact) mass is 156 g/mol. The molecule has 1 N–H and O–H groups in total. The summed E-state index contributed by atoms with van der Waals surface area (Å²) in [5.74, 6) is 1.12. The fourth-order valence-electron chi connectivity index (χ4n) is 1.06. The van der Waals surface area contributed by atoms with Crippen LogP contribution in [0.1, 0.15) is 19.8 Å². The Hall–Kier alpha value is -0.570. The minimum atomic E-state index is 0.794. The van der Waals surface area contributed by atoms with E-state index in [4.69, 9.17) is 4.74 Å². The third-order valence-corrected chi connectivity index (χ3v) is 1.65. The fraction of sp³-hybridized carbons (Fsp3) is 0.875. The van der Waals surface area contributed by atoms with Crippen LogP contribution >= 0.6 is 0 Å². The molecule has 11 heavy (non-hydrogen) atoms. The average molecular weight is 156 g/mol. The van der Waals surface area contributed by atoms with Crippen molar-refractivity contribution in [3.63, 3.8) is 0 Å². The molecule has 0 aromatic rings. The Labute approximate surface area is 67.8 Å². The molecule has 0 amide bonds. The molecule has 0 bridgehead atoms. The van der Waals surface area contributed by atoms with Gasteiger partial charge in [-0.05, 0) is 13.3 Å². The smallest absolute Gasteiger partial charge is 0.0986 e. The van der Waals surface area contributed by atoms with Gasteiger partial charge in [-0.3, -0.25) is 4.99 Å². The number of rotatable bonds is 4. The zero-order valence-electron chi connectivity index (χ0n) is 7.10. The second-order valence-electron chi connectivity index (χ2n) is 2.56. The van der Waals surface area contributed by atoms with E-state index < -0.39 is 0 Å². The summed E-state index contributed by atoms with van der Waals surface area (Å²) >= 11 is 0. The molecule has 64 valence electrons.